The number of fused-ring (bicyclic) bond motifs is 1. The number of benzene rings is 1. The first kappa shape index (κ1) is 14.5. The van der Waals surface area contributed by atoms with Gasteiger partial charge in [0.05, 0.1) is 5.02 Å². The predicted molar refractivity (Wildman–Crippen MR) is 78.6 cm³/mol. The molecule has 0 aromatic heterocycles. The van der Waals surface area contributed by atoms with Crippen LogP contribution in [0.4, 0.5) is 0 Å². The van der Waals surface area contributed by atoms with Crippen molar-refractivity contribution in [1.82, 2.24) is 0 Å². The van der Waals surface area contributed by atoms with Crippen molar-refractivity contribution in [2.45, 2.75) is 39.0 Å². The predicted octanol–water partition coefficient (Wildman–Crippen LogP) is 3.69. The van der Waals surface area contributed by atoms with Gasteiger partial charge in [0.2, 0.25) is 0 Å². The van der Waals surface area contributed by atoms with Crippen molar-refractivity contribution in [3.05, 3.63) is 22.2 Å². The van der Waals surface area contributed by atoms with Crippen molar-refractivity contribution in [2.75, 3.05) is 19.8 Å². The summed E-state index contributed by atoms with van der Waals surface area (Å²) in [4.78, 5) is 0. The Bertz CT molecular complexity index is 460. The fourth-order valence-electron chi connectivity index (χ4n) is 2.62. The zero-order chi connectivity index (χ0) is 14.0. The van der Waals surface area contributed by atoms with Gasteiger partial charge in [-0.05, 0) is 36.4 Å². The Labute approximate surface area is 120 Å². The Kier molecular flexibility index (Phi) is 4.58. The Morgan fingerprint density at radius 2 is 1.84 bits per heavy atom. The second kappa shape index (κ2) is 6.02. The number of hydrogen-bond donors (Lipinski definition) is 1. The van der Waals surface area contributed by atoms with Crippen molar-refractivity contribution in [2.24, 2.45) is 5.73 Å². The molecule has 3 nitrogen and oxygen atoms in total. The Hall–Kier alpha value is -0.930. The third kappa shape index (κ3) is 2.82. The standard InChI is InChI=1S/C15H22ClNO2/c1-9(2)13-11(10(3)4-5-17)8-12(16)14-15(13)19-7-6-18-14/h8-10H,4-7,17H2,1-3H3. The third-order valence-corrected chi connectivity index (χ3v) is 3.83. The topological polar surface area (TPSA) is 44.5 Å². The molecule has 0 fully saturated rings. The van der Waals surface area contributed by atoms with Gasteiger partial charge >= 0.3 is 0 Å². The van der Waals surface area contributed by atoms with E-state index < -0.39 is 0 Å². The summed E-state index contributed by atoms with van der Waals surface area (Å²) in [6.45, 7) is 8.32. The highest BCUT2D eigenvalue weighted by Crippen LogP contribution is 2.47. The normalized spacial score (nSPS) is 15.7. The molecule has 1 aromatic rings. The molecule has 0 bridgehead atoms. The molecule has 0 spiro atoms. The summed E-state index contributed by atoms with van der Waals surface area (Å²) < 4.78 is 11.5. The van der Waals surface area contributed by atoms with Crippen molar-refractivity contribution in [1.29, 1.82) is 0 Å². The Morgan fingerprint density at radius 3 is 2.42 bits per heavy atom. The Morgan fingerprint density at radius 1 is 1.21 bits per heavy atom. The summed E-state index contributed by atoms with van der Waals surface area (Å²) in [5, 5.41) is 0.637. The minimum atomic E-state index is 0.364. The molecule has 0 amide bonds. The van der Waals surface area contributed by atoms with Crippen LogP contribution in [0.25, 0.3) is 0 Å². The minimum absolute atomic E-state index is 0.364. The van der Waals surface area contributed by atoms with Crippen LogP contribution in [0.2, 0.25) is 5.02 Å². The highest BCUT2D eigenvalue weighted by Gasteiger charge is 2.26. The smallest absolute Gasteiger partial charge is 0.180 e. The maximum atomic E-state index is 6.33. The van der Waals surface area contributed by atoms with Crippen molar-refractivity contribution >= 4 is 11.6 Å². The van der Waals surface area contributed by atoms with Crippen LogP contribution in [0.3, 0.4) is 0 Å². The molecule has 1 atom stereocenters. The molecule has 2 N–H and O–H groups in total. The first-order chi connectivity index (χ1) is 9.06. The molecule has 1 aliphatic heterocycles. The third-order valence-electron chi connectivity index (χ3n) is 3.55. The molecule has 106 valence electrons. The molecule has 0 saturated carbocycles. The average molecular weight is 284 g/mol. The number of nitrogens with two attached hydrogens (primary N) is 1. The van der Waals surface area contributed by atoms with Gasteiger partial charge in [-0.15, -0.1) is 0 Å². The van der Waals surface area contributed by atoms with Crippen LogP contribution in [0.1, 0.15) is 50.2 Å². The van der Waals surface area contributed by atoms with Gasteiger partial charge in [-0.3, -0.25) is 0 Å². The van der Waals surface area contributed by atoms with E-state index in [-0.39, 0.29) is 0 Å². The van der Waals surface area contributed by atoms with Gasteiger partial charge in [0, 0.05) is 5.56 Å². The highest BCUT2D eigenvalue weighted by molar-refractivity contribution is 6.32. The van der Waals surface area contributed by atoms with Gasteiger partial charge in [0.15, 0.2) is 11.5 Å². The van der Waals surface area contributed by atoms with Crippen LogP contribution in [-0.4, -0.2) is 19.8 Å². The lowest BCUT2D eigenvalue weighted by atomic mass is 9.87. The van der Waals surface area contributed by atoms with Crippen LogP contribution in [-0.2, 0) is 0 Å². The van der Waals surface area contributed by atoms with E-state index in [9.17, 15) is 0 Å². The largest absolute Gasteiger partial charge is 0.486 e. The van der Waals surface area contributed by atoms with E-state index in [2.05, 4.69) is 20.8 Å². The van der Waals surface area contributed by atoms with Gasteiger partial charge in [-0.1, -0.05) is 32.4 Å². The van der Waals surface area contributed by atoms with Gasteiger partial charge in [-0.2, -0.15) is 0 Å². The fourth-order valence-corrected chi connectivity index (χ4v) is 2.87. The molecular weight excluding hydrogens is 262 g/mol. The van der Waals surface area contributed by atoms with Crippen LogP contribution >= 0.6 is 11.6 Å². The Balaban J connectivity index is 2.56. The SMILES string of the molecule is CC(C)c1c(C(C)CCN)cc(Cl)c2c1OCCO2. The zero-order valence-corrected chi connectivity index (χ0v) is 12.6. The van der Waals surface area contributed by atoms with Crippen molar-refractivity contribution in [3.8, 4) is 11.5 Å². The summed E-state index contributed by atoms with van der Waals surface area (Å²) in [5.41, 5.74) is 8.12. The van der Waals surface area contributed by atoms with Crippen LogP contribution < -0.4 is 15.2 Å². The lowest BCUT2D eigenvalue weighted by molar-refractivity contribution is 0.169. The molecule has 0 radical (unpaired) electrons. The van der Waals surface area contributed by atoms with E-state index in [1.165, 1.54) is 11.1 Å². The molecule has 1 unspecified atom stereocenters. The van der Waals surface area contributed by atoms with Gasteiger partial charge in [-0.25, -0.2) is 0 Å². The number of hydrogen-bond acceptors (Lipinski definition) is 3. The van der Waals surface area contributed by atoms with Crippen molar-refractivity contribution in [3.63, 3.8) is 0 Å². The van der Waals surface area contributed by atoms with E-state index in [1.54, 1.807) is 0 Å². The molecule has 0 saturated heterocycles. The van der Waals surface area contributed by atoms with Crippen LogP contribution in [0.15, 0.2) is 6.07 Å². The first-order valence-electron chi connectivity index (χ1n) is 6.88. The maximum absolute atomic E-state index is 6.33. The molecule has 1 heterocycles. The fraction of sp³-hybridized carbons (Fsp3) is 0.600. The average Bonchev–Trinajstić information content (AvgIpc) is 2.38. The van der Waals surface area contributed by atoms with E-state index in [0.29, 0.717) is 42.4 Å². The van der Waals surface area contributed by atoms with E-state index in [4.69, 9.17) is 26.8 Å². The number of ether oxygens (including phenoxy) is 2. The molecule has 1 aliphatic rings. The quantitative estimate of drug-likeness (QED) is 0.917. The van der Waals surface area contributed by atoms with Gasteiger partial charge in [0.1, 0.15) is 13.2 Å². The summed E-state index contributed by atoms with van der Waals surface area (Å²) in [6, 6.07) is 2.02. The first-order valence-corrected chi connectivity index (χ1v) is 7.26. The minimum Gasteiger partial charge on any atom is -0.486 e. The van der Waals surface area contributed by atoms with E-state index in [0.717, 1.165) is 12.2 Å². The summed E-state index contributed by atoms with van der Waals surface area (Å²) in [7, 11) is 0. The summed E-state index contributed by atoms with van der Waals surface area (Å²) >= 11 is 6.33. The number of halogens is 1. The van der Waals surface area contributed by atoms with Crippen molar-refractivity contribution < 1.29 is 9.47 Å². The van der Waals surface area contributed by atoms with E-state index >= 15 is 0 Å². The summed E-state index contributed by atoms with van der Waals surface area (Å²) in [6.07, 6.45) is 0.940. The zero-order valence-electron chi connectivity index (χ0n) is 11.8. The van der Waals surface area contributed by atoms with E-state index in [1.807, 2.05) is 6.07 Å². The lowest BCUT2D eigenvalue weighted by Gasteiger charge is -2.27. The monoisotopic (exact) mass is 283 g/mol. The second-order valence-corrected chi connectivity index (χ2v) is 5.76. The second-order valence-electron chi connectivity index (χ2n) is 5.35. The number of rotatable bonds is 4. The van der Waals surface area contributed by atoms with Crippen LogP contribution in [0.5, 0.6) is 11.5 Å². The summed E-state index contributed by atoms with van der Waals surface area (Å²) in [5.74, 6) is 2.26. The lowest BCUT2D eigenvalue weighted by Crippen LogP contribution is -2.19. The molecule has 2 rings (SSSR count). The highest BCUT2D eigenvalue weighted by atomic mass is 35.5. The molecule has 1 aromatic carbocycles. The van der Waals surface area contributed by atoms with Crippen LogP contribution in [0, 0.1) is 0 Å². The molecule has 4 heteroatoms. The molecule has 19 heavy (non-hydrogen) atoms. The van der Waals surface area contributed by atoms with Gasteiger partial charge in [0.25, 0.3) is 0 Å². The molecular formula is C15H22ClNO2. The maximum Gasteiger partial charge on any atom is 0.180 e. The van der Waals surface area contributed by atoms with Gasteiger partial charge < -0.3 is 15.2 Å². The molecule has 0 aliphatic carbocycles.